The number of pyridine rings is 1. The number of carbonyl (C=O) groups excluding carboxylic acids is 1. The number of fused-ring (bicyclic) bond motifs is 1. The maximum Gasteiger partial charge on any atom is 0.276 e. The average molecular weight is 459 g/mol. The number of sulfonamides is 1. The van der Waals surface area contributed by atoms with E-state index < -0.39 is 10.0 Å². The Morgan fingerprint density at radius 3 is 2.62 bits per heavy atom. The van der Waals surface area contributed by atoms with Gasteiger partial charge in [0.2, 0.25) is 11.1 Å². The number of nitrogens with one attached hydrogen (secondary N) is 1. The van der Waals surface area contributed by atoms with E-state index in [2.05, 4.69) is 19.9 Å². The minimum Gasteiger partial charge on any atom is -0.367 e. The third-order valence-corrected chi connectivity index (χ3v) is 7.89. The molecule has 2 aliphatic rings. The van der Waals surface area contributed by atoms with Crippen molar-refractivity contribution in [3.8, 4) is 0 Å². The number of nitrogens with zero attached hydrogens (tertiary/aromatic N) is 5. The number of anilines is 1. The standard InChI is InChI=1S/C21H23FN6O3S/c22-16-1-2-18-17(13-16)19(3-5-23-18)26-9-11-27(12-10-26)20(29)15-4-8-28(14-15)32(30,31)21-24-6-7-25-21/h1-3,5-7,13,15H,4,8-12,14H2,(H,24,25)/t15-/m0/s1. The van der Waals surface area contributed by atoms with Gasteiger partial charge in [0.05, 0.1) is 11.4 Å². The van der Waals surface area contributed by atoms with Crippen molar-refractivity contribution in [2.45, 2.75) is 11.6 Å². The van der Waals surface area contributed by atoms with E-state index in [4.69, 9.17) is 0 Å². The highest BCUT2D eigenvalue weighted by Crippen LogP contribution is 2.28. The Hall–Kier alpha value is -3.05. The summed E-state index contributed by atoms with van der Waals surface area (Å²) in [6.45, 7) is 2.74. The number of aromatic amines is 1. The number of hydrogen-bond acceptors (Lipinski definition) is 6. The number of halogens is 1. The lowest BCUT2D eigenvalue weighted by molar-refractivity contribution is -0.135. The van der Waals surface area contributed by atoms with Crippen molar-refractivity contribution in [1.29, 1.82) is 0 Å². The van der Waals surface area contributed by atoms with Gasteiger partial charge in [-0.25, -0.2) is 17.8 Å². The number of benzene rings is 1. The van der Waals surface area contributed by atoms with Crippen LogP contribution < -0.4 is 4.90 Å². The molecule has 1 atom stereocenters. The van der Waals surface area contributed by atoms with E-state index in [1.54, 1.807) is 17.2 Å². The minimum absolute atomic E-state index is 0.0209. The first-order valence-electron chi connectivity index (χ1n) is 10.5. The SMILES string of the molecule is O=C([C@H]1CCN(S(=O)(=O)c2ncc[nH]2)C1)N1CCN(c2ccnc3ccc(F)cc23)CC1. The molecule has 0 saturated carbocycles. The van der Waals surface area contributed by atoms with Crippen LogP contribution in [0, 0.1) is 11.7 Å². The highest BCUT2D eigenvalue weighted by Gasteiger charge is 2.39. The van der Waals surface area contributed by atoms with E-state index in [0.29, 0.717) is 39.1 Å². The average Bonchev–Trinajstić information content (AvgIpc) is 3.51. The van der Waals surface area contributed by atoms with Gasteiger partial charge in [-0.2, -0.15) is 4.31 Å². The maximum atomic E-state index is 13.8. The zero-order valence-corrected chi connectivity index (χ0v) is 18.1. The Bertz CT molecular complexity index is 1240. The molecule has 3 aromatic rings. The molecule has 0 radical (unpaired) electrons. The highest BCUT2D eigenvalue weighted by atomic mass is 32.2. The van der Waals surface area contributed by atoms with Crippen LogP contribution in [-0.4, -0.2) is 77.8 Å². The largest absolute Gasteiger partial charge is 0.367 e. The fourth-order valence-corrected chi connectivity index (χ4v) is 5.85. The van der Waals surface area contributed by atoms with Gasteiger partial charge in [-0.3, -0.25) is 9.78 Å². The monoisotopic (exact) mass is 458 g/mol. The number of H-pyrrole nitrogens is 1. The number of carbonyl (C=O) groups is 1. The topological polar surface area (TPSA) is 102 Å². The van der Waals surface area contributed by atoms with E-state index >= 15 is 0 Å². The summed E-state index contributed by atoms with van der Waals surface area (Å²) in [5, 5.41) is 0.655. The Labute approximate surface area is 184 Å². The van der Waals surface area contributed by atoms with Crippen LogP contribution in [0.4, 0.5) is 10.1 Å². The molecule has 2 saturated heterocycles. The first-order valence-corrected chi connectivity index (χ1v) is 11.9. The maximum absolute atomic E-state index is 13.8. The van der Waals surface area contributed by atoms with Gasteiger partial charge in [0.25, 0.3) is 10.0 Å². The molecular formula is C21H23FN6O3S. The summed E-state index contributed by atoms with van der Waals surface area (Å²) >= 11 is 0. The molecule has 4 heterocycles. The Balaban J connectivity index is 1.24. The number of rotatable bonds is 4. The molecule has 0 aliphatic carbocycles. The summed E-state index contributed by atoms with van der Waals surface area (Å²) in [4.78, 5) is 27.8. The molecule has 1 aromatic carbocycles. The van der Waals surface area contributed by atoms with E-state index in [0.717, 1.165) is 16.6 Å². The van der Waals surface area contributed by atoms with Gasteiger partial charge in [-0.1, -0.05) is 0 Å². The molecule has 2 aromatic heterocycles. The molecule has 9 nitrogen and oxygen atoms in total. The zero-order valence-electron chi connectivity index (χ0n) is 17.3. The molecule has 0 spiro atoms. The number of piperazine rings is 1. The van der Waals surface area contributed by atoms with Crippen molar-refractivity contribution in [1.82, 2.24) is 24.2 Å². The summed E-state index contributed by atoms with van der Waals surface area (Å²) in [7, 11) is -3.71. The fraction of sp³-hybridized carbons (Fsp3) is 0.381. The number of aromatic nitrogens is 3. The molecular weight excluding hydrogens is 435 g/mol. The van der Waals surface area contributed by atoms with E-state index in [-0.39, 0.29) is 29.3 Å². The van der Waals surface area contributed by atoms with E-state index in [9.17, 15) is 17.6 Å². The first kappa shape index (κ1) is 20.8. The number of amides is 1. The molecule has 1 N–H and O–H groups in total. The van der Waals surface area contributed by atoms with Crippen LogP contribution in [-0.2, 0) is 14.8 Å². The van der Waals surface area contributed by atoms with Crippen LogP contribution in [0.25, 0.3) is 10.9 Å². The molecule has 2 fully saturated rings. The second-order valence-corrected chi connectivity index (χ2v) is 9.90. The molecule has 5 rings (SSSR count). The molecule has 0 unspecified atom stereocenters. The lowest BCUT2D eigenvalue weighted by Crippen LogP contribution is -2.50. The summed E-state index contributed by atoms with van der Waals surface area (Å²) in [5.41, 5.74) is 1.63. The predicted molar refractivity (Wildman–Crippen MR) is 116 cm³/mol. The molecule has 0 bridgehead atoms. The summed E-state index contributed by atoms with van der Waals surface area (Å²) in [5.74, 6) is -0.689. The van der Waals surface area contributed by atoms with Gasteiger partial charge in [0, 0.05) is 68.9 Å². The van der Waals surface area contributed by atoms with Gasteiger partial charge in [-0.05, 0) is 30.7 Å². The van der Waals surface area contributed by atoms with Crippen LogP contribution in [0.5, 0.6) is 0 Å². The van der Waals surface area contributed by atoms with Gasteiger partial charge in [0.1, 0.15) is 5.82 Å². The van der Waals surface area contributed by atoms with Crippen LogP contribution in [0.3, 0.4) is 0 Å². The van der Waals surface area contributed by atoms with Crippen molar-refractivity contribution >= 4 is 32.5 Å². The summed E-state index contributed by atoms with van der Waals surface area (Å²) in [6.07, 6.45) is 5.06. The lowest BCUT2D eigenvalue weighted by atomic mass is 10.1. The van der Waals surface area contributed by atoms with Crippen molar-refractivity contribution in [2.75, 3.05) is 44.2 Å². The third kappa shape index (κ3) is 3.71. The fourth-order valence-electron chi connectivity index (χ4n) is 4.47. The highest BCUT2D eigenvalue weighted by molar-refractivity contribution is 7.89. The zero-order chi connectivity index (χ0) is 22.3. The molecule has 1 amide bonds. The lowest BCUT2D eigenvalue weighted by Gasteiger charge is -2.37. The van der Waals surface area contributed by atoms with Crippen molar-refractivity contribution < 1.29 is 17.6 Å². The molecule has 32 heavy (non-hydrogen) atoms. The molecule has 11 heteroatoms. The smallest absolute Gasteiger partial charge is 0.276 e. The minimum atomic E-state index is -3.71. The van der Waals surface area contributed by atoms with Gasteiger partial charge in [-0.15, -0.1) is 0 Å². The first-order chi connectivity index (χ1) is 15.4. The normalized spacial score (nSPS) is 20.2. The van der Waals surface area contributed by atoms with Crippen molar-refractivity contribution in [2.24, 2.45) is 5.92 Å². The quantitative estimate of drug-likeness (QED) is 0.635. The van der Waals surface area contributed by atoms with Crippen molar-refractivity contribution in [3.05, 3.63) is 48.7 Å². The van der Waals surface area contributed by atoms with Crippen LogP contribution in [0.15, 0.2) is 48.0 Å². The molecule has 168 valence electrons. The Morgan fingerprint density at radius 1 is 1.06 bits per heavy atom. The van der Waals surface area contributed by atoms with Crippen molar-refractivity contribution in [3.63, 3.8) is 0 Å². The van der Waals surface area contributed by atoms with Gasteiger partial charge >= 0.3 is 0 Å². The summed E-state index contributed by atoms with van der Waals surface area (Å²) in [6, 6.07) is 6.42. The summed E-state index contributed by atoms with van der Waals surface area (Å²) < 4.78 is 40.4. The van der Waals surface area contributed by atoms with Gasteiger partial charge in [0.15, 0.2) is 0 Å². The van der Waals surface area contributed by atoms with Crippen LogP contribution in [0.2, 0.25) is 0 Å². The predicted octanol–water partition coefficient (Wildman–Crippen LogP) is 1.46. The van der Waals surface area contributed by atoms with Crippen LogP contribution >= 0.6 is 0 Å². The van der Waals surface area contributed by atoms with E-state index in [1.807, 2.05) is 6.07 Å². The number of imidazole rings is 1. The Morgan fingerprint density at radius 2 is 1.88 bits per heavy atom. The second kappa shape index (κ2) is 8.14. The molecule has 2 aliphatic heterocycles. The van der Waals surface area contributed by atoms with Crippen LogP contribution in [0.1, 0.15) is 6.42 Å². The van der Waals surface area contributed by atoms with Gasteiger partial charge < -0.3 is 14.8 Å². The number of hydrogen-bond donors (Lipinski definition) is 1. The Kier molecular flexibility index (Phi) is 5.30. The van der Waals surface area contributed by atoms with E-state index in [1.165, 1.54) is 28.8 Å². The third-order valence-electron chi connectivity index (χ3n) is 6.17. The second-order valence-electron chi connectivity index (χ2n) is 8.05.